The van der Waals surface area contributed by atoms with Gasteiger partial charge >= 0.3 is 0 Å². The molecule has 2 aromatic heterocycles. The lowest BCUT2D eigenvalue weighted by Crippen LogP contribution is -2.28. The van der Waals surface area contributed by atoms with E-state index in [1.54, 1.807) is 12.4 Å². The highest BCUT2D eigenvalue weighted by atomic mass is 15.2. The van der Waals surface area contributed by atoms with Crippen LogP contribution >= 0.6 is 0 Å². The molecule has 3 heterocycles. The van der Waals surface area contributed by atoms with Crippen LogP contribution in [0, 0.1) is 0 Å². The van der Waals surface area contributed by atoms with Crippen molar-refractivity contribution in [2.75, 3.05) is 24.2 Å². The molecular weight excluding hydrogens is 240 g/mol. The third kappa shape index (κ3) is 2.22. The number of aromatic nitrogens is 3. The smallest absolute Gasteiger partial charge is 0.222 e. The van der Waals surface area contributed by atoms with E-state index in [0.717, 1.165) is 42.3 Å². The maximum absolute atomic E-state index is 5.82. The molecule has 3 rings (SSSR count). The molecule has 0 saturated carbocycles. The Morgan fingerprint density at radius 3 is 2.84 bits per heavy atom. The molecule has 1 aliphatic heterocycles. The van der Waals surface area contributed by atoms with E-state index >= 15 is 0 Å². The summed E-state index contributed by atoms with van der Waals surface area (Å²) in [6.45, 7) is 1.71. The number of hydrogen-bond acceptors (Lipinski definition) is 6. The molecule has 0 saturated heterocycles. The predicted molar refractivity (Wildman–Crippen MR) is 74.2 cm³/mol. The van der Waals surface area contributed by atoms with Crippen molar-refractivity contribution in [3.8, 4) is 0 Å². The third-order valence-electron chi connectivity index (χ3n) is 3.30. The van der Waals surface area contributed by atoms with Gasteiger partial charge in [-0.3, -0.25) is 4.98 Å². The molecule has 0 spiro atoms. The number of nitrogens with zero attached hydrogens (tertiary/aromatic N) is 4. The second-order valence-corrected chi connectivity index (χ2v) is 4.52. The van der Waals surface area contributed by atoms with Crippen LogP contribution < -0.4 is 16.0 Å². The van der Waals surface area contributed by atoms with Crippen molar-refractivity contribution in [3.63, 3.8) is 0 Å². The highest BCUT2D eigenvalue weighted by Gasteiger charge is 2.19. The highest BCUT2D eigenvalue weighted by Crippen LogP contribution is 2.28. The summed E-state index contributed by atoms with van der Waals surface area (Å²) in [4.78, 5) is 14.8. The Balaban J connectivity index is 2.07. The lowest BCUT2D eigenvalue weighted by Gasteiger charge is -2.25. The first-order valence-electron chi connectivity index (χ1n) is 6.25. The summed E-state index contributed by atoms with van der Waals surface area (Å²) >= 11 is 0. The fourth-order valence-electron chi connectivity index (χ4n) is 2.31. The van der Waals surface area contributed by atoms with E-state index in [0.29, 0.717) is 5.95 Å². The van der Waals surface area contributed by atoms with Crippen LogP contribution in [0.4, 0.5) is 17.5 Å². The molecule has 1 aliphatic rings. The molecule has 6 heteroatoms. The number of pyridine rings is 1. The average molecular weight is 256 g/mol. The van der Waals surface area contributed by atoms with Crippen molar-refractivity contribution in [1.82, 2.24) is 20.3 Å². The van der Waals surface area contributed by atoms with Crippen LogP contribution in [0.2, 0.25) is 0 Å². The van der Waals surface area contributed by atoms with Gasteiger partial charge in [0.05, 0.1) is 5.69 Å². The van der Waals surface area contributed by atoms with Crippen molar-refractivity contribution in [1.29, 1.82) is 0 Å². The zero-order chi connectivity index (χ0) is 13.2. The van der Waals surface area contributed by atoms with Crippen LogP contribution in [0.5, 0.6) is 0 Å². The van der Waals surface area contributed by atoms with Crippen LogP contribution in [0.25, 0.3) is 0 Å². The number of fused-ring (bicyclic) bond motifs is 1. The van der Waals surface area contributed by atoms with Gasteiger partial charge in [0.15, 0.2) is 0 Å². The molecule has 98 valence electrons. The van der Waals surface area contributed by atoms with Gasteiger partial charge in [0.1, 0.15) is 5.82 Å². The minimum Gasteiger partial charge on any atom is -0.368 e. The summed E-state index contributed by atoms with van der Waals surface area (Å²) in [5.74, 6) is 1.19. The largest absolute Gasteiger partial charge is 0.368 e. The van der Waals surface area contributed by atoms with Gasteiger partial charge < -0.3 is 16.0 Å². The van der Waals surface area contributed by atoms with Crippen molar-refractivity contribution in [2.45, 2.75) is 13.0 Å². The molecule has 2 aromatic rings. The first-order chi connectivity index (χ1) is 9.25. The summed E-state index contributed by atoms with van der Waals surface area (Å²) in [6.07, 6.45) is 4.42. The van der Waals surface area contributed by atoms with Crippen molar-refractivity contribution < 1.29 is 0 Å². The lowest BCUT2D eigenvalue weighted by atomic mass is 10.1. The number of hydrogen-bond donors (Lipinski definition) is 2. The van der Waals surface area contributed by atoms with E-state index in [4.69, 9.17) is 5.73 Å². The second-order valence-electron chi connectivity index (χ2n) is 4.52. The fraction of sp³-hybridized carbons (Fsp3) is 0.308. The minimum absolute atomic E-state index is 0.330. The molecule has 19 heavy (non-hydrogen) atoms. The maximum atomic E-state index is 5.82. The Morgan fingerprint density at radius 2 is 2.05 bits per heavy atom. The normalized spacial score (nSPS) is 13.9. The Hall–Kier alpha value is -2.21. The van der Waals surface area contributed by atoms with Crippen molar-refractivity contribution >= 4 is 17.5 Å². The van der Waals surface area contributed by atoms with E-state index in [1.807, 2.05) is 24.1 Å². The first kappa shape index (κ1) is 11.9. The standard InChI is InChI=1S/C13H16N6/c1-19(9-2-5-15-6-3-9)12-10-8-16-7-4-11(10)17-13(14)18-12/h2-3,5-6,16H,4,7-8H2,1H3,(H2,14,17,18). The third-order valence-corrected chi connectivity index (χ3v) is 3.30. The van der Waals surface area contributed by atoms with Gasteiger partial charge in [-0.1, -0.05) is 0 Å². The first-order valence-corrected chi connectivity index (χ1v) is 6.25. The molecule has 6 nitrogen and oxygen atoms in total. The molecule has 0 fully saturated rings. The number of nitrogen functional groups attached to an aromatic ring is 1. The second kappa shape index (κ2) is 4.81. The molecule has 3 N–H and O–H groups in total. The van der Waals surface area contributed by atoms with E-state index in [2.05, 4.69) is 20.3 Å². The fourth-order valence-corrected chi connectivity index (χ4v) is 2.31. The molecule has 0 bridgehead atoms. The maximum Gasteiger partial charge on any atom is 0.222 e. The van der Waals surface area contributed by atoms with Gasteiger partial charge in [0.2, 0.25) is 5.95 Å². The van der Waals surface area contributed by atoms with Crippen molar-refractivity contribution in [3.05, 3.63) is 35.8 Å². The molecule has 0 aromatic carbocycles. The van der Waals surface area contributed by atoms with Crippen LogP contribution in [-0.2, 0) is 13.0 Å². The zero-order valence-electron chi connectivity index (χ0n) is 10.8. The molecular formula is C13H16N6. The summed E-state index contributed by atoms with van der Waals surface area (Å²) in [5.41, 5.74) is 9.01. The van der Waals surface area contributed by atoms with Gasteiger partial charge in [-0.05, 0) is 12.1 Å². The Morgan fingerprint density at radius 1 is 1.26 bits per heavy atom. The van der Waals surface area contributed by atoms with Gasteiger partial charge in [0.25, 0.3) is 0 Å². The molecule has 0 unspecified atom stereocenters. The van der Waals surface area contributed by atoms with E-state index < -0.39 is 0 Å². The molecule has 0 radical (unpaired) electrons. The van der Waals surface area contributed by atoms with Gasteiger partial charge in [0, 0.05) is 50.2 Å². The zero-order valence-corrected chi connectivity index (χ0v) is 10.8. The Kier molecular flexibility index (Phi) is 3.00. The number of anilines is 3. The van der Waals surface area contributed by atoms with Crippen LogP contribution in [0.3, 0.4) is 0 Å². The Labute approximate surface area is 111 Å². The number of rotatable bonds is 2. The summed E-state index contributed by atoms with van der Waals surface area (Å²) in [5, 5.41) is 3.35. The van der Waals surface area contributed by atoms with Crippen molar-refractivity contribution in [2.24, 2.45) is 0 Å². The van der Waals surface area contributed by atoms with E-state index in [1.165, 1.54) is 0 Å². The number of nitrogens with two attached hydrogens (primary N) is 1. The lowest BCUT2D eigenvalue weighted by molar-refractivity contribution is 0.627. The van der Waals surface area contributed by atoms with E-state index in [-0.39, 0.29) is 0 Å². The van der Waals surface area contributed by atoms with Crippen LogP contribution in [0.15, 0.2) is 24.5 Å². The summed E-state index contributed by atoms with van der Waals surface area (Å²) in [7, 11) is 1.98. The Bertz CT molecular complexity index is 583. The van der Waals surface area contributed by atoms with E-state index in [9.17, 15) is 0 Å². The number of nitrogens with one attached hydrogen (secondary N) is 1. The van der Waals surface area contributed by atoms with Crippen LogP contribution in [0.1, 0.15) is 11.3 Å². The van der Waals surface area contributed by atoms with Gasteiger partial charge in [-0.15, -0.1) is 0 Å². The van der Waals surface area contributed by atoms with Gasteiger partial charge in [-0.2, -0.15) is 4.98 Å². The predicted octanol–water partition coefficient (Wildman–Crippen LogP) is 0.867. The minimum atomic E-state index is 0.330. The quantitative estimate of drug-likeness (QED) is 0.830. The SMILES string of the molecule is CN(c1ccncc1)c1nc(N)nc2c1CNCC2. The monoisotopic (exact) mass is 256 g/mol. The van der Waals surface area contributed by atoms with Gasteiger partial charge in [-0.25, -0.2) is 4.98 Å². The average Bonchev–Trinajstić information content (AvgIpc) is 2.46. The topological polar surface area (TPSA) is 80.0 Å². The molecule has 0 amide bonds. The molecule has 0 atom stereocenters. The summed E-state index contributed by atoms with van der Waals surface area (Å²) < 4.78 is 0. The van der Waals surface area contributed by atoms with Crippen LogP contribution in [-0.4, -0.2) is 28.5 Å². The highest BCUT2D eigenvalue weighted by molar-refractivity contribution is 5.63. The molecule has 0 aliphatic carbocycles. The summed E-state index contributed by atoms with van der Waals surface area (Å²) in [6, 6.07) is 3.89.